The Labute approximate surface area is 128 Å². The molecule has 1 amide bonds. The highest BCUT2D eigenvalue weighted by Gasteiger charge is 2.46. The summed E-state index contributed by atoms with van der Waals surface area (Å²) in [6.45, 7) is 13.2. The van der Waals surface area contributed by atoms with Crippen molar-refractivity contribution in [3.05, 3.63) is 0 Å². The summed E-state index contributed by atoms with van der Waals surface area (Å²) in [5.74, 6) is 0.196. The van der Waals surface area contributed by atoms with Crippen LogP contribution in [0, 0.1) is 0 Å². The van der Waals surface area contributed by atoms with Crippen LogP contribution in [0.3, 0.4) is 0 Å². The minimum absolute atomic E-state index is 0.134. The summed E-state index contributed by atoms with van der Waals surface area (Å²) in [6, 6.07) is 0.0623. The summed E-state index contributed by atoms with van der Waals surface area (Å²) in [5, 5.41) is 3.55. The van der Waals surface area contributed by atoms with Crippen LogP contribution in [-0.2, 0) is 14.3 Å². The van der Waals surface area contributed by atoms with Gasteiger partial charge in [-0.05, 0) is 40.5 Å². The molecule has 0 unspecified atom stereocenters. The first-order chi connectivity index (χ1) is 9.75. The number of hydrogen-bond acceptors (Lipinski definition) is 4. The molecule has 0 aromatic heterocycles. The van der Waals surface area contributed by atoms with Gasteiger partial charge in [0.25, 0.3) is 0 Å². The monoisotopic (exact) mass is 298 g/mol. The summed E-state index contributed by atoms with van der Waals surface area (Å²) in [6.07, 6.45) is 1.72. The predicted molar refractivity (Wildman–Crippen MR) is 82.3 cm³/mol. The maximum absolute atomic E-state index is 12.7. The minimum Gasteiger partial charge on any atom is -0.378 e. The molecule has 1 N–H and O–H groups in total. The van der Waals surface area contributed by atoms with E-state index in [0.29, 0.717) is 26.3 Å². The third kappa shape index (κ3) is 3.96. The summed E-state index contributed by atoms with van der Waals surface area (Å²) in [7, 11) is 0. The molecule has 0 spiro atoms. The van der Waals surface area contributed by atoms with E-state index in [2.05, 4.69) is 39.9 Å². The first-order valence-corrected chi connectivity index (χ1v) is 8.08. The lowest BCUT2D eigenvalue weighted by Crippen LogP contribution is -2.55. The van der Waals surface area contributed by atoms with Crippen molar-refractivity contribution in [2.45, 2.75) is 70.7 Å². The van der Waals surface area contributed by atoms with Crippen LogP contribution in [0.2, 0.25) is 0 Å². The van der Waals surface area contributed by atoms with Crippen LogP contribution in [0.25, 0.3) is 0 Å². The molecular formula is C16H30N2O3. The Morgan fingerprint density at radius 1 is 1.29 bits per heavy atom. The van der Waals surface area contributed by atoms with Crippen LogP contribution in [0.15, 0.2) is 0 Å². The smallest absolute Gasteiger partial charge is 0.239 e. The summed E-state index contributed by atoms with van der Waals surface area (Å²) in [4.78, 5) is 14.6. The molecule has 2 fully saturated rings. The molecule has 5 nitrogen and oxygen atoms in total. The standard InChI is InChI=1S/C16H30N2O3/c1-6-12(14(19)18-7-9-20-10-8-18)17-13-11-15(2,3)21-16(13,4)5/h12-13,17H,6-11H2,1-5H3/t12-,13-/m1/s1. The van der Waals surface area contributed by atoms with Crippen molar-refractivity contribution < 1.29 is 14.3 Å². The number of carbonyl (C=O) groups excluding carboxylic acids is 1. The van der Waals surface area contributed by atoms with Crippen LogP contribution in [-0.4, -0.2) is 60.4 Å². The Hall–Kier alpha value is -0.650. The van der Waals surface area contributed by atoms with Crippen LogP contribution in [0.1, 0.15) is 47.5 Å². The molecule has 5 heteroatoms. The Morgan fingerprint density at radius 2 is 1.90 bits per heavy atom. The third-order valence-corrected chi connectivity index (χ3v) is 4.51. The van der Waals surface area contributed by atoms with Crippen molar-refractivity contribution in [3.63, 3.8) is 0 Å². The fraction of sp³-hybridized carbons (Fsp3) is 0.938. The van der Waals surface area contributed by atoms with Crippen LogP contribution in [0.4, 0.5) is 0 Å². The molecule has 2 heterocycles. The van der Waals surface area contributed by atoms with Gasteiger partial charge in [0, 0.05) is 19.1 Å². The topological polar surface area (TPSA) is 50.8 Å². The molecule has 2 saturated heterocycles. The number of morpholine rings is 1. The number of ether oxygens (including phenoxy) is 2. The molecule has 2 rings (SSSR count). The second-order valence-corrected chi connectivity index (χ2v) is 7.29. The zero-order valence-corrected chi connectivity index (χ0v) is 14.1. The molecule has 0 aromatic carbocycles. The molecule has 0 saturated carbocycles. The van der Waals surface area contributed by atoms with Gasteiger partial charge in [0.2, 0.25) is 5.91 Å². The maximum Gasteiger partial charge on any atom is 0.239 e. The van der Waals surface area contributed by atoms with Gasteiger partial charge in [-0.3, -0.25) is 4.79 Å². The molecule has 122 valence electrons. The van der Waals surface area contributed by atoms with Gasteiger partial charge in [-0.25, -0.2) is 0 Å². The zero-order chi connectivity index (χ0) is 15.7. The Bertz CT molecular complexity index is 376. The number of hydrogen-bond donors (Lipinski definition) is 1. The maximum atomic E-state index is 12.7. The Morgan fingerprint density at radius 3 is 2.38 bits per heavy atom. The van der Waals surface area contributed by atoms with Gasteiger partial charge in [-0.15, -0.1) is 0 Å². The van der Waals surface area contributed by atoms with Crippen molar-refractivity contribution in [2.24, 2.45) is 0 Å². The predicted octanol–water partition coefficient (Wildman–Crippen LogP) is 1.56. The minimum atomic E-state index is -0.248. The average molecular weight is 298 g/mol. The van der Waals surface area contributed by atoms with E-state index >= 15 is 0 Å². The normalized spacial score (nSPS) is 29.4. The number of carbonyl (C=O) groups is 1. The lowest BCUT2D eigenvalue weighted by atomic mass is 9.93. The molecule has 2 aliphatic heterocycles. The van der Waals surface area contributed by atoms with E-state index in [4.69, 9.17) is 9.47 Å². The molecular weight excluding hydrogens is 268 g/mol. The highest BCUT2D eigenvalue weighted by Crippen LogP contribution is 2.37. The molecule has 0 radical (unpaired) electrons. The van der Waals surface area contributed by atoms with Gasteiger partial charge in [0.1, 0.15) is 0 Å². The molecule has 21 heavy (non-hydrogen) atoms. The number of amides is 1. The number of rotatable bonds is 4. The van der Waals surface area contributed by atoms with E-state index in [0.717, 1.165) is 12.8 Å². The Balaban J connectivity index is 2.00. The highest BCUT2D eigenvalue weighted by atomic mass is 16.5. The lowest BCUT2D eigenvalue weighted by Gasteiger charge is -2.34. The Kier molecular flexibility index (Phi) is 4.96. The van der Waals surface area contributed by atoms with Crippen molar-refractivity contribution in [3.8, 4) is 0 Å². The van der Waals surface area contributed by atoms with Crippen molar-refractivity contribution in [1.29, 1.82) is 0 Å². The van der Waals surface area contributed by atoms with Crippen molar-refractivity contribution >= 4 is 5.91 Å². The van der Waals surface area contributed by atoms with Crippen LogP contribution < -0.4 is 5.32 Å². The fourth-order valence-corrected chi connectivity index (χ4v) is 3.43. The van der Waals surface area contributed by atoms with Gasteiger partial charge in [-0.1, -0.05) is 6.92 Å². The summed E-state index contributed by atoms with van der Waals surface area (Å²) in [5.41, 5.74) is -0.385. The molecule has 2 atom stereocenters. The van der Waals surface area contributed by atoms with Crippen molar-refractivity contribution in [1.82, 2.24) is 10.2 Å². The molecule has 0 aliphatic carbocycles. The molecule has 0 bridgehead atoms. The molecule has 0 aromatic rings. The van der Waals surface area contributed by atoms with E-state index in [-0.39, 0.29) is 29.2 Å². The third-order valence-electron chi connectivity index (χ3n) is 4.51. The average Bonchev–Trinajstić information content (AvgIpc) is 2.63. The second kappa shape index (κ2) is 6.23. The molecule has 2 aliphatic rings. The highest BCUT2D eigenvalue weighted by molar-refractivity contribution is 5.82. The number of nitrogens with one attached hydrogen (secondary N) is 1. The van der Waals surface area contributed by atoms with Gasteiger partial charge >= 0.3 is 0 Å². The summed E-state index contributed by atoms with van der Waals surface area (Å²) < 4.78 is 11.4. The fourth-order valence-electron chi connectivity index (χ4n) is 3.43. The van der Waals surface area contributed by atoms with Crippen molar-refractivity contribution in [2.75, 3.05) is 26.3 Å². The zero-order valence-electron chi connectivity index (χ0n) is 14.1. The van der Waals surface area contributed by atoms with Gasteiger partial charge in [0.15, 0.2) is 0 Å². The van der Waals surface area contributed by atoms with Gasteiger partial charge < -0.3 is 19.7 Å². The SMILES string of the molecule is CC[C@@H](N[C@@H]1CC(C)(C)OC1(C)C)C(=O)N1CCOCC1. The van der Waals surface area contributed by atoms with E-state index in [1.807, 2.05) is 4.90 Å². The van der Waals surface area contributed by atoms with Gasteiger partial charge in [-0.2, -0.15) is 0 Å². The first kappa shape index (κ1) is 16.7. The second-order valence-electron chi connectivity index (χ2n) is 7.29. The van der Waals surface area contributed by atoms with E-state index in [1.165, 1.54) is 0 Å². The van der Waals surface area contributed by atoms with Crippen LogP contribution >= 0.6 is 0 Å². The van der Waals surface area contributed by atoms with E-state index in [1.54, 1.807) is 0 Å². The number of nitrogens with zero attached hydrogens (tertiary/aromatic N) is 1. The van der Waals surface area contributed by atoms with E-state index in [9.17, 15) is 4.79 Å². The first-order valence-electron chi connectivity index (χ1n) is 8.08. The van der Waals surface area contributed by atoms with E-state index < -0.39 is 0 Å². The van der Waals surface area contributed by atoms with Crippen LogP contribution in [0.5, 0.6) is 0 Å². The largest absolute Gasteiger partial charge is 0.378 e. The summed E-state index contributed by atoms with van der Waals surface area (Å²) >= 11 is 0. The van der Waals surface area contributed by atoms with Gasteiger partial charge in [0.05, 0.1) is 30.5 Å². The quantitative estimate of drug-likeness (QED) is 0.856. The lowest BCUT2D eigenvalue weighted by molar-refractivity contribution is -0.138.